The number of benzene rings is 1. The van der Waals surface area contributed by atoms with Crippen molar-refractivity contribution in [1.29, 1.82) is 0 Å². The molecule has 0 radical (unpaired) electrons. The Morgan fingerprint density at radius 2 is 2.15 bits per heavy atom. The lowest BCUT2D eigenvalue weighted by Gasteiger charge is -2.15. The molecule has 0 fully saturated rings. The van der Waals surface area contributed by atoms with Gasteiger partial charge in [-0.05, 0) is 25.0 Å². The third-order valence-electron chi connectivity index (χ3n) is 2.90. The van der Waals surface area contributed by atoms with Crippen molar-refractivity contribution in [3.63, 3.8) is 0 Å². The number of nitrogens with two attached hydrogens (primary N) is 1. The Bertz CT molecular complexity index is 461. The molecule has 112 valence electrons. The maximum absolute atomic E-state index is 11.3. The second-order valence-electron chi connectivity index (χ2n) is 4.33. The van der Waals surface area contributed by atoms with E-state index in [1.807, 2.05) is 0 Å². The molecule has 0 bridgehead atoms. The monoisotopic (exact) mass is 283 g/mol. The molecule has 0 aromatic heterocycles. The molecule has 0 aliphatic rings. The number of esters is 1. The zero-order valence-electron chi connectivity index (χ0n) is 11.8. The van der Waals surface area contributed by atoms with Gasteiger partial charge in [0.25, 0.3) is 0 Å². The summed E-state index contributed by atoms with van der Waals surface area (Å²) in [5.74, 6) is -0.105. The minimum Gasteiger partial charge on any atom is -0.504 e. The summed E-state index contributed by atoms with van der Waals surface area (Å²) in [6, 6.07) is 2.60. The molecule has 1 atom stereocenters. The zero-order chi connectivity index (χ0) is 15.1. The van der Waals surface area contributed by atoms with Crippen LogP contribution in [-0.2, 0) is 16.0 Å². The first kappa shape index (κ1) is 16.3. The predicted octanol–water partition coefficient (Wildman–Crippen LogP) is 0.889. The highest BCUT2D eigenvalue weighted by Gasteiger charge is 2.16. The van der Waals surface area contributed by atoms with E-state index in [2.05, 4.69) is 0 Å². The first-order chi connectivity index (χ1) is 9.53. The number of hydrogen-bond acceptors (Lipinski definition) is 6. The van der Waals surface area contributed by atoms with Crippen molar-refractivity contribution in [1.82, 2.24) is 0 Å². The summed E-state index contributed by atoms with van der Waals surface area (Å²) in [7, 11) is 1.43. The van der Waals surface area contributed by atoms with Crippen molar-refractivity contribution in [2.24, 2.45) is 5.73 Å². The van der Waals surface area contributed by atoms with E-state index in [-0.39, 0.29) is 30.5 Å². The summed E-state index contributed by atoms with van der Waals surface area (Å²) in [5, 5.41) is 19.1. The van der Waals surface area contributed by atoms with Crippen LogP contribution < -0.4 is 10.5 Å². The number of carbonyl (C=O) groups is 1. The van der Waals surface area contributed by atoms with E-state index in [1.165, 1.54) is 7.11 Å². The fourth-order valence-electron chi connectivity index (χ4n) is 1.85. The van der Waals surface area contributed by atoms with Gasteiger partial charge in [0.2, 0.25) is 0 Å². The minimum absolute atomic E-state index is 0.0889. The quantitative estimate of drug-likeness (QED) is 0.642. The number of aliphatic hydroxyl groups is 1. The number of carbonyl (C=O) groups excluding carboxylic acids is 1. The number of aliphatic hydroxyl groups excluding tert-OH is 1. The first-order valence-electron chi connectivity index (χ1n) is 6.45. The van der Waals surface area contributed by atoms with Gasteiger partial charge in [0.05, 0.1) is 26.4 Å². The number of phenols is 1. The molecule has 0 aliphatic carbocycles. The summed E-state index contributed by atoms with van der Waals surface area (Å²) < 4.78 is 9.93. The number of hydrogen-bond donors (Lipinski definition) is 3. The molecule has 1 rings (SSSR count). The van der Waals surface area contributed by atoms with Crippen LogP contribution in [0.2, 0.25) is 0 Å². The van der Waals surface area contributed by atoms with Crippen molar-refractivity contribution in [2.45, 2.75) is 25.8 Å². The number of aromatic hydroxyl groups is 1. The lowest BCUT2D eigenvalue weighted by atomic mass is 10.0. The van der Waals surface area contributed by atoms with Crippen molar-refractivity contribution in [3.05, 3.63) is 23.3 Å². The molecular formula is C14H21NO5. The molecule has 1 aromatic carbocycles. The molecule has 6 nitrogen and oxygen atoms in total. The summed E-state index contributed by atoms with van der Waals surface area (Å²) in [5.41, 5.74) is 6.91. The fraction of sp³-hybridized carbons (Fsp3) is 0.500. The van der Waals surface area contributed by atoms with Gasteiger partial charge in [-0.2, -0.15) is 0 Å². The van der Waals surface area contributed by atoms with Gasteiger partial charge in [-0.15, -0.1) is 0 Å². The summed E-state index contributed by atoms with van der Waals surface area (Å²) in [4.78, 5) is 11.3. The second kappa shape index (κ2) is 7.72. The molecule has 0 amide bonds. The van der Waals surface area contributed by atoms with Gasteiger partial charge < -0.3 is 25.4 Å². The molecule has 0 saturated carbocycles. The summed E-state index contributed by atoms with van der Waals surface area (Å²) in [6.07, 6.45) is 0.677. The molecule has 0 spiro atoms. The van der Waals surface area contributed by atoms with Crippen molar-refractivity contribution in [2.75, 3.05) is 20.3 Å². The van der Waals surface area contributed by atoms with Gasteiger partial charge in [0.1, 0.15) is 0 Å². The van der Waals surface area contributed by atoms with Gasteiger partial charge in [-0.3, -0.25) is 4.79 Å². The number of phenolic OH excluding ortho intramolecular Hbond substituents is 1. The summed E-state index contributed by atoms with van der Waals surface area (Å²) >= 11 is 0. The fourth-order valence-corrected chi connectivity index (χ4v) is 1.85. The average molecular weight is 283 g/mol. The molecular weight excluding hydrogens is 262 g/mol. The molecule has 4 N–H and O–H groups in total. The van der Waals surface area contributed by atoms with Gasteiger partial charge in [0, 0.05) is 12.0 Å². The Hall–Kier alpha value is -1.79. The van der Waals surface area contributed by atoms with E-state index >= 15 is 0 Å². The van der Waals surface area contributed by atoms with Crippen molar-refractivity contribution >= 4 is 5.97 Å². The summed E-state index contributed by atoms with van der Waals surface area (Å²) in [6.45, 7) is 1.80. The molecule has 0 aliphatic heterocycles. The van der Waals surface area contributed by atoms with Crippen LogP contribution in [0.3, 0.4) is 0 Å². The highest BCUT2D eigenvalue weighted by molar-refractivity contribution is 5.69. The van der Waals surface area contributed by atoms with Crippen LogP contribution in [0.4, 0.5) is 0 Å². The SMILES string of the molecule is CCOC(=O)CCc1cc(OC)c(O)c([C@H](N)CO)c1. The van der Waals surface area contributed by atoms with Crippen molar-refractivity contribution < 1.29 is 24.5 Å². The highest BCUT2D eigenvalue weighted by Crippen LogP contribution is 2.34. The number of rotatable bonds is 7. The molecule has 0 unspecified atom stereocenters. The van der Waals surface area contributed by atoms with E-state index < -0.39 is 6.04 Å². The third-order valence-corrected chi connectivity index (χ3v) is 2.90. The topological polar surface area (TPSA) is 102 Å². The van der Waals surface area contributed by atoms with Crippen LogP contribution in [0.25, 0.3) is 0 Å². The largest absolute Gasteiger partial charge is 0.504 e. The van der Waals surface area contributed by atoms with Crippen LogP contribution >= 0.6 is 0 Å². The standard InChI is InChI=1S/C14H21NO5/c1-3-20-13(17)5-4-9-6-10(11(15)8-16)14(18)12(7-9)19-2/h6-7,11,16,18H,3-5,8,15H2,1-2H3/t11-/m1/s1. The van der Waals surface area contributed by atoms with Crippen LogP contribution in [0, 0.1) is 0 Å². The van der Waals surface area contributed by atoms with E-state index in [0.717, 1.165) is 5.56 Å². The van der Waals surface area contributed by atoms with Gasteiger partial charge in [-0.1, -0.05) is 6.07 Å². The van der Waals surface area contributed by atoms with Gasteiger partial charge in [-0.25, -0.2) is 0 Å². The number of ether oxygens (including phenoxy) is 2. The third kappa shape index (κ3) is 4.11. The Kier molecular flexibility index (Phi) is 6.27. The molecule has 0 heterocycles. The van der Waals surface area contributed by atoms with Crippen LogP contribution in [0.15, 0.2) is 12.1 Å². The maximum atomic E-state index is 11.3. The van der Waals surface area contributed by atoms with E-state index in [9.17, 15) is 9.90 Å². The molecule has 20 heavy (non-hydrogen) atoms. The van der Waals surface area contributed by atoms with E-state index in [4.69, 9.17) is 20.3 Å². The van der Waals surface area contributed by atoms with Crippen LogP contribution in [0.5, 0.6) is 11.5 Å². The number of methoxy groups -OCH3 is 1. The number of aryl methyl sites for hydroxylation is 1. The average Bonchev–Trinajstić information content (AvgIpc) is 2.45. The van der Waals surface area contributed by atoms with E-state index in [1.54, 1.807) is 19.1 Å². The first-order valence-corrected chi connectivity index (χ1v) is 6.45. The van der Waals surface area contributed by atoms with Gasteiger partial charge in [0.15, 0.2) is 11.5 Å². The lowest BCUT2D eigenvalue weighted by Crippen LogP contribution is -2.15. The molecule has 1 aromatic rings. The maximum Gasteiger partial charge on any atom is 0.306 e. The van der Waals surface area contributed by atoms with Crippen LogP contribution in [0.1, 0.15) is 30.5 Å². The lowest BCUT2D eigenvalue weighted by molar-refractivity contribution is -0.143. The van der Waals surface area contributed by atoms with E-state index in [0.29, 0.717) is 18.6 Å². The molecule has 0 saturated heterocycles. The normalized spacial score (nSPS) is 12.0. The predicted molar refractivity (Wildman–Crippen MR) is 73.6 cm³/mol. The Balaban J connectivity index is 2.94. The highest BCUT2D eigenvalue weighted by atomic mass is 16.5. The Morgan fingerprint density at radius 3 is 2.70 bits per heavy atom. The smallest absolute Gasteiger partial charge is 0.306 e. The Morgan fingerprint density at radius 1 is 1.45 bits per heavy atom. The molecule has 6 heteroatoms. The second-order valence-corrected chi connectivity index (χ2v) is 4.33. The van der Waals surface area contributed by atoms with Crippen LogP contribution in [-0.4, -0.2) is 36.5 Å². The van der Waals surface area contributed by atoms with Crippen molar-refractivity contribution in [3.8, 4) is 11.5 Å². The zero-order valence-corrected chi connectivity index (χ0v) is 11.8. The minimum atomic E-state index is -0.702. The van der Waals surface area contributed by atoms with Gasteiger partial charge >= 0.3 is 5.97 Å². The Labute approximate surface area is 118 Å².